The molecule has 0 saturated carbocycles. The summed E-state index contributed by atoms with van der Waals surface area (Å²) in [6.07, 6.45) is 4.11. The predicted octanol–water partition coefficient (Wildman–Crippen LogP) is 2.08. The Morgan fingerprint density at radius 3 is 2.88 bits per heavy atom. The van der Waals surface area contributed by atoms with E-state index in [1.54, 1.807) is 41.2 Å². The van der Waals surface area contributed by atoms with E-state index >= 15 is 0 Å². The smallest absolute Gasteiger partial charge is 0.337 e. The molecule has 0 unspecified atom stereocenters. The van der Waals surface area contributed by atoms with Crippen molar-refractivity contribution in [2.75, 3.05) is 23.9 Å². The van der Waals surface area contributed by atoms with E-state index in [1.807, 2.05) is 0 Å². The van der Waals surface area contributed by atoms with Crippen LogP contribution >= 0.6 is 11.6 Å². The minimum atomic E-state index is -0.477. The van der Waals surface area contributed by atoms with Crippen molar-refractivity contribution in [3.63, 3.8) is 0 Å². The average molecular weight is 349 g/mol. The summed E-state index contributed by atoms with van der Waals surface area (Å²) in [5.41, 5.74) is 1.71. The van der Waals surface area contributed by atoms with Crippen LogP contribution in [0.2, 0.25) is 5.02 Å². The standard InChI is InChI=1S/C16H17ClN4O3/c1-20-9-13(8-18-20)21-4-3-14(15(21)22)19-12-6-10(16(23)24-2)5-11(17)7-12/h5-9,14,19H,3-4H2,1-2H3/t14-/m0/s1. The molecule has 0 aliphatic carbocycles. The van der Waals surface area contributed by atoms with Crippen LogP contribution in [0.15, 0.2) is 30.6 Å². The first kappa shape index (κ1) is 16.3. The summed E-state index contributed by atoms with van der Waals surface area (Å²) < 4.78 is 6.36. The van der Waals surface area contributed by atoms with E-state index < -0.39 is 5.97 Å². The van der Waals surface area contributed by atoms with E-state index in [9.17, 15) is 9.59 Å². The maximum absolute atomic E-state index is 12.6. The van der Waals surface area contributed by atoms with Crippen molar-refractivity contribution in [1.29, 1.82) is 0 Å². The summed E-state index contributed by atoms with van der Waals surface area (Å²) in [5, 5.41) is 7.64. The topological polar surface area (TPSA) is 76.5 Å². The van der Waals surface area contributed by atoms with Crippen LogP contribution in [-0.2, 0) is 16.6 Å². The molecule has 8 heteroatoms. The molecule has 1 fully saturated rings. The number of carbonyl (C=O) groups excluding carboxylic acids is 2. The highest BCUT2D eigenvalue weighted by Crippen LogP contribution is 2.25. The first-order valence-electron chi connectivity index (χ1n) is 7.43. The van der Waals surface area contributed by atoms with Crippen LogP contribution in [0.1, 0.15) is 16.8 Å². The molecule has 1 amide bonds. The van der Waals surface area contributed by atoms with Gasteiger partial charge in [-0.3, -0.25) is 9.48 Å². The van der Waals surface area contributed by atoms with Gasteiger partial charge in [0.05, 0.1) is 24.6 Å². The number of hydrogen-bond donors (Lipinski definition) is 1. The summed E-state index contributed by atoms with van der Waals surface area (Å²) >= 11 is 6.05. The summed E-state index contributed by atoms with van der Waals surface area (Å²) in [7, 11) is 3.11. The number of ether oxygens (including phenoxy) is 1. The van der Waals surface area contributed by atoms with Crippen molar-refractivity contribution < 1.29 is 14.3 Å². The van der Waals surface area contributed by atoms with Gasteiger partial charge in [-0.05, 0) is 24.6 Å². The number of anilines is 2. The molecular weight excluding hydrogens is 332 g/mol. The van der Waals surface area contributed by atoms with Crippen LogP contribution in [0, 0.1) is 0 Å². The number of nitrogens with one attached hydrogen (secondary N) is 1. The third kappa shape index (κ3) is 3.21. The van der Waals surface area contributed by atoms with Crippen LogP contribution < -0.4 is 10.2 Å². The first-order chi connectivity index (χ1) is 11.5. The molecule has 2 aromatic rings. The van der Waals surface area contributed by atoms with Gasteiger partial charge >= 0.3 is 5.97 Å². The van der Waals surface area contributed by atoms with Gasteiger partial charge in [0.1, 0.15) is 6.04 Å². The summed E-state index contributed by atoms with van der Waals surface area (Å²) in [6.45, 7) is 0.604. The van der Waals surface area contributed by atoms with E-state index in [2.05, 4.69) is 10.4 Å². The van der Waals surface area contributed by atoms with E-state index in [1.165, 1.54) is 13.2 Å². The third-order valence-electron chi connectivity index (χ3n) is 3.87. The van der Waals surface area contributed by atoms with Gasteiger partial charge in [0, 0.05) is 30.5 Å². The largest absolute Gasteiger partial charge is 0.465 e. The van der Waals surface area contributed by atoms with E-state index in [-0.39, 0.29) is 11.9 Å². The SMILES string of the molecule is COC(=O)c1cc(Cl)cc(N[C@H]2CCN(c3cnn(C)c3)C2=O)c1. The van der Waals surface area contributed by atoms with Gasteiger partial charge in [-0.1, -0.05) is 11.6 Å². The second-order valence-electron chi connectivity index (χ2n) is 5.57. The first-order valence-corrected chi connectivity index (χ1v) is 7.81. The number of amides is 1. The Morgan fingerprint density at radius 1 is 1.42 bits per heavy atom. The molecule has 126 valence electrons. The molecule has 24 heavy (non-hydrogen) atoms. The molecule has 0 radical (unpaired) electrons. The molecule has 1 saturated heterocycles. The fourth-order valence-corrected chi connectivity index (χ4v) is 2.96. The lowest BCUT2D eigenvalue weighted by Gasteiger charge is -2.16. The molecule has 0 bridgehead atoms. The number of aryl methyl sites for hydroxylation is 1. The highest BCUT2D eigenvalue weighted by Gasteiger charge is 2.33. The number of esters is 1. The summed E-state index contributed by atoms with van der Waals surface area (Å²) in [5.74, 6) is -0.516. The second kappa shape index (κ2) is 6.52. The zero-order valence-corrected chi connectivity index (χ0v) is 14.1. The van der Waals surface area contributed by atoms with Crippen LogP contribution in [-0.4, -0.2) is 41.4 Å². The lowest BCUT2D eigenvalue weighted by atomic mass is 10.1. The number of benzene rings is 1. The molecular formula is C16H17ClN4O3. The fourth-order valence-electron chi connectivity index (χ4n) is 2.73. The van der Waals surface area contributed by atoms with Crippen molar-refractivity contribution in [3.05, 3.63) is 41.2 Å². The van der Waals surface area contributed by atoms with Crippen molar-refractivity contribution in [3.8, 4) is 0 Å². The van der Waals surface area contributed by atoms with Crippen molar-refractivity contribution in [2.24, 2.45) is 7.05 Å². The number of hydrogen-bond acceptors (Lipinski definition) is 5. The number of methoxy groups -OCH3 is 1. The highest BCUT2D eigenvalue weighted by atomic mass is 35.5. The Balaban J connectivity index is 1.76. The van der Waals surface area contributed by atoms with Gasteiger partial charge in [0.15, 0.2) is 0 Å². The molecule has 1 aliphatic heterocycles. The molecule has 7 nitrogen and oxygen atoms in total. The second-order valence-corrected chi connectivity index (χ2v) is 6.00. The molecule has 1 aromatic heterocycles. The van der Waals surface area contributed by atoms with Gasteiger partial charge in [-0.2, -0.15) is 5.10 Å². The third-order valence-corrected chi connectivity index (χ3v) is 4.09. The number of rotatable bonds is 4. The maximum atomic E-state index is 12.6. The average Bonchev–Trinajstić information content (AvgIpc) is 3.12. The quantitative estimate of drug-likeness (QED) is 0.856. The highest BCUT2D eigenvalue weighted by molar-refractivity contribution is 6.31. The lowest BCUT2D eigenvalue weighted by Crippen LogP contribution is -2.33. The molecule has 1 aliphatic rings. The zero-order valence-electron chi connectivity index (χ0n) is 13.3. The summed E-state index contributed by atoms with van der Waals surface area (Å²) in [4.78, 5) is 25.9. The van der Waals surface area contributed by atoms with Crippen LogP contribution in [0.3, 0.4) is 0 Å². The molecule has 1 N–H and O–H groups in total. The number of halogens is 1. The number of aromatic nitrogens is 2. The minimum Gasteiger partial charge on any atom is -0.465 e. The Bertz CT molecular complexity index is 789. The van der Waals surface area contributed by atoms with Crippen LogP contribution in [0.25, 0.3) is 0 Å². The van der Waals surface area contributed by atoms with Crippen molar-refractivity contribution in [1.82, 2.24) is 9.78 Å². The van der Waals surface area contributed by atoms with E-state index in [0.29, 0.717) is 29.2 Å². The fraction of sp³-hybridized carbons (Fsp3) is 0.312. The monoisotopic (exact) mass is 348 g/mol. The Hall–Kier alpha value is -2.54. The predicted molar refractivity (Wildman–Crippen MR) is 90.4 cm³/mol. The van der Waals surface area contributed by atoms with Gasteiger partial charge in [0.25, 0.3) is 0 Å². The molecule has 1 aromatic carbocycles. The van der Waals surface area contributed by atoms with Gasteiger partial charge in [-0.25, -0.2) is 4.79 Å². The summed E-state index contributed by atoms with van der Waals surface area (Å²) in [6, 6.07) is 4.44. The van der Waals surface area contributed by atoms with Crippen molar-refractivity contribution in [2.45, 2.75) is 12.5 Å². The van der Waals surface area contributed by atoms with Crippen LogP contribution in [0.4, 0.5) is 11.4 Å². The number of nitrogens with zero attached hydrogens (tertiary/aromatic N) is 3. The Morgan fingerprint density at radius 2 is 2.21 bits per heavy atom. The van der Waals surface area contributed by atoms with E-state index in [0.717, 1.165) is 5.69 Å². The van der Waals surface area contributed by atoms with Gasteiger partial charge < -0.3 is 15.0 Å². The Kier molecular flexibility index (Phi) is 4.44. The molecule has 2 heterocycles. The van der Waals surface area contributed by atoms with Crippen LogP contribution in [0.5, 0.6) is 0 Å². The Labute approximate surface area is 144 Å². The minimum absolute atomic E-state index is 0.0393. The van der Waals surface area contributed by atoms with Gasteiger partial charge in [0.2, 0.25) is 5.91 Å². The van der Waals surface area contributed by atoms with E-state index in [4.69, 9.17) is 16.3 Å². The number of carbonyl (C=O) groups is 2. The normalized spacial score (nSPS) is 17.2. The maximum Gasteiger partial charge on any atom is 0.337 e. The molecule has 0 spiro atoms. The zero-order chi connectivity index (χ0) is 17.3. The lowest BCUT2D eigenvalue weighted by molar-refractivity contribution is -0.117. The van der Waals surface area contributed by atoms with Crippen molar-refractivity contribution >= 4 is 34.9 Å². The molecule has 1 atom stereocenters. The van der Waals surface area contributed by atoms with Gasteiger partial charge in [-0.15, -0.1) is 0 Å². The molecule has 3 rings (SSSR count).